The Morgan fingerprint density at radius 2 is 1.95 bits per heavy atom. The smallest absolute Gasteiger partial charge is 0.253 e. The molecule has 2 aromatic carbocycles. The molecule has 0 saturated heterocycles. The highest BCUT2D eigenvalue weighted by Gasteiger charge is 2.25. The van der Waals surface area contributed by atoms with Gasteiger partial charge in [-0.2, -0.15) is 0 Å². The van der Waals surface area contributed by atoms with E-state index in [2.05, 4.69) is 15.8 Å². The summed E-state index contributed by atoms with van der Waals surface area (Å²) >= 11 is 6.30. The second-order valence-corrected chi connectivity index (χ2v) is 9.31. The second kappa shape index (κ2) is 12.8. The number of carbonyl (C=O) groups is 2. The summed E-state index contributed by atoms with van der Waals surface area (Å²) < 4.78 is 26.5. The van der Waals surface area contributed by atoms with Crippen molar-refractivity contribution in [3.63, 3.8) is 0 Å². The van der Waals surface area contributed by atoms with E-state index in [9.17, 15) is 18.8 Å². The number of hydrogen-bond donors (Lipinski definition) is 2. The van der Waals surface area contributed by atoms with Crippen LogP contribution in [-0.4, -0.2) is 56.6 Å². The van der Waals surface area contributed by atoms with E-state index in [0.29, 0.717) is 40.6 Å². The number of ether oxygens (including phenoxy) is 2. The Kier molecular flexibility index (Phi) is 9.18. The maximum absolute atomic E-state index is 14.5. The molecule has 210 valence electrons. The largest absolute Gasteiger partial charge is 0.495 e. The fourth-order valence-corrected chi connectivity index (χ4v) is 4.57. The predicted octanol–water partition coefficient (Wildman–Crippen LogP) is 4.02. The highest BCUT2D eigenvalue weighted by molar-refractivity contribution is 6.31. The summed E-state index contributed by atoms with van der Waals surface area (Å²) in [6.45, 7) is 0.613. The van der Waals surface area contributed by atoms with Crippen LogP contribution < -0.4 is 20.9 Å². The van der Waals surface area contributed by atoms with Crippen LogP contribution in [0.5, 0.6) is 5.75 Å². The Morgan fingerprint density at radius 3 is 2.60 bits per heavy atom. The van der Waals surface area contributed by atoms with Gasteiger partial charge >= 0.3 is 0 Å². The summed E-state index contributed by atoms with van der Waals surface area (Å²) in [7, 11) is 4.32. The van der Waals surface area contributed by atoms with Crippen molar-refractivity contribution < 1.29 is 28.3 Å². The SMILES string of the molecule is CNC(=O)c1ccc(NC(=O)C(CCOC)n2cc(OC)c(-c3cc(Cl)ccc3C3=NOCC3)cc2=O)cc1F. The van der Waals surface area contributed by atoms with E-state index in [0.717, 1.165) is 11.6 Å². The van der Waals surface area contributed by atoms with Crippen LogP contribution in [0.4, 0.5) is 10.1 Å². The van der Waals surface area contributed by atoms with Crippen molar-refractivity contribution in [2.75, 3.05) is 39.8 Å². The lowest BCUT2D eigenvalue weighted by Crippen LogP contribution is -2.34. The number of nitrogens with one attached hydrogen (secondary N) is 2. The molecule has 0 bridgehead atoms. The molecule has 2 amide bonds. The number of methoxy groups -OCH3 is 2. The second-order valence-electron chi connectivity index (χ2n) is 8.87. The number of hydrogen-bond acceptors (Lipinski definition) is 7. The van der Waals surface area contributed by atoms with Crippen molar-refractivity contribution in [3.8, 4) is 16.9 Å². The first-order chi connectivity index (χ1) is 19.3. The molecule has 0 fully saturated rings. The van der Waals surface area contributed by atoms with Gasteiger partial charge in [-0.25, -0.2) is 4.39 Å². The van der Waals surface area contributed by atoms with Crippen LogP contribution in [0.15, 0.2) is 58.6 Å². The van der Waals surface area contributed by atoms with Crippen LogP contribution in [0.1, 0.15) is 34.8 Å². The number of amides is 2. The van der Waals surface area contributed by atoms with Gasteiger partial charge in [0.2, 0.25) is 5.91 Å². The summed E-state index contributed by atoms with van der Waals surface area (Å²) in [5.74, 6) is -1.66. The quantitative estimate of drug-likeness (QED) is 0.380. The van der Waals surface area contributed by atoms with Crippen LogP contribution in [0, 0.1) is 5.82 Å². The van der Waals surface area contributed by atoms with Gasteiger partial charge in [0.1, 0.15) is 24.2 Å². The normalized spacial score (nSPS) is 13.3. The molecule has 1 unspecified atom stereocenters. The minimum Gasteiger partial charge on any atom is -0.495 e. The Morgan fingerprint density at radius 1 is 1.15 bits per heavy atom. The molecule has 40 heavy (non-hydrogen) atoms. The fraction of sp³-hybridized carbons (Fsp3) is 0.286. The molecule has 12 heteroatoms. The van der Waals surface area contributed by atoms with E-state index >= 15 is 0 Å². The molecule has 1 atom stereocenters. The zero-order chi connectivity index (χ0) is 28.8. The molecule has 0 saturated carbocycles. The summed E-state index contributed by atoms with van der Waals surface area (Å²) in [5, 5.41) is 9.53. The first-order valence-corrected chi connectivity index (χ1v) is 12.8. The lowest BCUT2D eigenvalue weighted by molar-refractivity contribution is -0.119. The molecule has 1 aliphatic rings. The van der Waals surface area contributed by atoms with E-state index in [4.69, 9.17) is 25.9 Å². The Balaban J connectivity index is 1.72. The minimum atomic E-state index is -1.02. The number of carbonyl (C=O) groups excluding carboxylic acids is 2. The number of rotatable bonds is 10. The number of oxime groups is 1. The number of anilines is 1. The average molecular weight is 571 g/mol. The molecular formula is C28H28ClFN4O6. The first kappa shape index (κ1) is 28.8. The monoisotopic (exact) mass is 570 g/mol. The molecule has 1 aliphatic heterocycles. The van der Waals surface area contributed by atoms with Crippen molar-refractivity contribution in [2.24, 2.45) is 5.16 Å². The van der Waals surface area contributed by atoms with E-state index in [1.54, 1.807) is 18.2 Å². The standard InChI is InChI=1S/C28H28ClFN4O6/c1-31-27(36)19-7-5-17(13-22(19)30)32-28(37)24(9-10-38-2)34-15-25(39-3)21(14-26(34)35)20-12-16(29)4-6-18(20)23-8-11-40-33-23/h4-7,12-15,24H,8-11H2,1-3H3,(H,31,36)(H,32,37). The number of halogens is 2. The van der Waals surface area contributed by atoms with E-state index < -0.39 is 29.2 Å². The highest BCUT2D eigenvalue weighted by Crippen LogP contribution is 2.35. The zero-order valence-corrected chi connectivity index (χ0v) is 22.9. The van der Waals surface area contributed by atoms with Crippen molar-refractivity contribution >= 4 is 34.8 Å². The lowest BCUT2D eigenvalue weighted by Gasteiger charge is -2.22. The Bertz CT molecular complexity index is 1520. The van der Waals surface area contributed by atoms with Gasteiger partial charge in [0, 0.05) is 61.5 Å². The van der Waals surface area contributed by atoms with Gasteiger partial charge in [-0.3, -0.25) is 19.0 Å². The molecular weight excluding hydrogens is 543 g/mol. The minimum absolute atomic E-state index is 0.123. The van der Waals surface area contributed by atoms with Crippen LogP contribution in [0.25, 0.3) is 11.1 Å². The first-order valence-electron chi connectivity index (χ1n) is 12.4. The third-order valence-electron chi connectivity index (χ3n) is 6.39. The molecule has 0 radical (unpaired) electrons. The van der Waals surface area contributed by atoms with Gasteiger partial charge in [-0.05, 0) is 35.9 Å². The molecule has 10 nitrogen and oxygen atoms in total. The van der Waals surface area contributed by atoms with Crippen molar-refractivity contribution in [2.45, 2.75) is 18.9 Å². The third-order valence-corrected chi connectivity index (χ3v) is 6.63. The highest BCUT2D eigenvalue weighted by atomic mass is 35.5. The summed E-state index contributed by atoms with van der Waals surface area (Å²) in [6.07, 6.45) is 2.18. The number of aromatic nitrogens is 1. The summed E-state index contributed by atoms with van der Waals surface area (Å²) in [6, 6.07) is 9.30. The molecule has 1 aromatic heterocycles. The van der Waals surface area contributed by atoms with Crippen molar-refractivity contribution in [3.05, 3.63) is 81.0 Å². The van der Waals surface area contributed by atoms with Gasteiger partial charge in [-0.15, -0.1) is 0 Å². The summed E-state index contributed by atoms with van der Waals surface area (Å²) in [4.78, 5) is 43.8. The van der Waals surface area contributed by atoms with Gasteiger partial charge in [0.15, 0.2) is 0 Å². The van der Waals surface area contributed by atoms with Crippen LogP contribution in [0.3, 0.4) is 0 Å². The van der Waals surface area contributed by atoms with Crippen LogP contribution in [0.2, 0.25) is 5.02 Å². The van der Waals surface area contributed by atoms with Crippen molar-refractivity contribution in [1.82, 2.24) is 9.88 Å². The van der Waals surface area contributed by atoms with Gasteiger partial charge in [-0.1, -0.05) is 22.8 Å². The molecule has 0 aliphatic carbocycles. The summed E-state index contributed by atoms with van der Waals surface area (Å²) in [5.41, 5.74) is 2.03. The van der Waals surface area contributed by atoms with E-state index in [1.165, 1.54) is 50.2 Å². The van der Waals surface area contributed by atoms with Crippen molar-refractivity contribution in [1.29, 1.82) is 0 Å². The van der Waals surface area contributed by atoms with Gasteiger partial charge in [0.05, 0.1) is 24.6 Å². The zero-order valence-electron chi connectivity index (χ0n) is 22.1. The third kappa shape index (κ3) is 6.16. The lowest BCUT2D eigenvalue weighted by atomic mass is 9.95. The number of pyridine rings is 1. The molecule has 2 N–H and O–H groups in total. The van der Waals surface area contributed by atoms with E-state index in [-0.39, 0.29) is 24.3 Å². The maximum Gasteiger partial charge on any atom is 0.253 e. The van der Waals surface area contributed by atoms with Crippen LogP contribution >= 0.6 is 11.6 Å². The molecule has 0 spiro atoms. The maximum atomic E-state index is 14.5. The number of benzene rings is 2. The average Bonchev–Trinajstić information content (AvgIpc) is 3.48. The number of nitrogens with zero attached hydrogens (tertiary/aromatic N) is 2. The molecule has 4 rings (SSSR count). The van der Waals surface area contributed by atoms with Gasteiger partial charge < -0.3 is 24.9 Å². The Labute approximate surface area is 234 Å². The molecule has 2 heterocycles. The van der Waals surface area contributed by atoms with Crippen LogP contribution in [-0.2, 0) is 14.4 Å². The molecule has 3 aromatic rings. The topological polar surface area (TPSA) is 120 Å². The Hall–Kier alpha value is -4.22. The van der Waals surface area contributed by atoms with Gasteiger partial charge in [0.25, 0.3) is 11.5 Å². The fourth-order valence-electron chi connectivity index (χ4n) is 4.39. The van der Waals surface area contributed by atoms with E-state index in [1.807, 2.05) is 0 Å². The predicted molar refractivity (Wildman–Crippen MR) is 149 cm³/mol.